The summed E-state index contributed by atoms with van der Waals surface area (Å²) in [5, 5.41) is 3.08. The van der Waals surface area contributed by atoms with Crippen LogP contribution < -0.4 is 10.1 Å². The molecular weight excluding hydrogens is 304 g/mol. The minimum atomic E-state index is 0.0463. The molecule has 24 heavy (non-hydrogen) atoms. The molecule has 2 rings (SSSR count). The Kier molecular flexibility index (Phi) is 6.64. The van der Waals surface area contributed by atoms with Crippen LogP contribution in [0, 0.1) is 5.92 Å². The zero-order chi connectivity index (χ0) is 17.5. The Morgan fingerprint density at radius 1 is 1.21 bits per heavy atom. The third-order valence-electron chi connectivity index (χ3n) is 4.15. The van der Waals surface area contributed by atoms with E-state index >= 15 is 0 Å². The van der Waals surface area contributed by atoms with Crippen LogP contribution in [-0.2, 0) is 4.79 Å². The third kappa shape index (κ3) is 5.25. The molecule has 1 aromatic carbocycles. The highest BCUT2D eigenvalue weighted by Crippen LogP contribution is 2.17. The summed E-state index contributed by atoms with van der Waals surface area (Å²) in [6, 6.07) is 7.46. The maximum Gasteiger partial charge on any atom is 0.253 e. The molecule has 1 saturated heterocycles. The molecule has 0 atom stereocenters. The fourth-order valence-corrected chi connectivity index (χ4v) is 2.93. The molecule has 1 aromatic rings. The molecule has 2 amide bonds. The van der Waals surface area contributed by atoms with Gasteiger partial charge in [0, 0.05) is 31.1 Å². The SMILES string of the molecule is CCOc1ccc(C(=O)N2CCC(NC(=O)CC(C)C)CC2)cc1. The molecule has 5 nitrogen and oxygen atoms in total. The van der Waals surface area contributed by atoms with Crippen molar-refractivity contribution in [3.8, 4) is 5.75 Å². The number of carbonyl (C=O) groups is 2. The van der Waals surface area contributed by atoms with Gasteiger partial charge in [0.2, 0.25) is 5.91 Å². The molecule has 0 aliphatic carbocycles. The molecule has 0 aromatic heterocycles. The molecule has 1 N–H and O–H groups in total. The summed E-state index contributed by atoms with van der Waals surface area (Å²) in [5.41, 5.74) is 0.681. The third-order valence-corrected chi connectivity index (χ3v) is 4.15. The van der Waals surface area contributed by atoms with Crippen molar-refractivity contribution >= 4 is 11.8 Å². The second kappa shape index (κ2) is 8.71. The van der Waals surface area contributed by atoms with Crippen molar-refractivity contribution in [3.63, 3.8) is 0 Å². The van der Waals surface area contributed by atoms with Crippen LogP contribution in [0.15, 0.2) is 24.3 Å². The number of piperidine rings is 1. The molecule has 132 valence electrons. The van der Waals surface area contributed by atoms with Gasteiger partial charge >= 0.3 is 0 Å². The minimum absolute atomic E-state index is 0.0463. The summed E-state index contributed by atoms with van der Waals surface area (Å²) in [6.45, 7) is 7.99. The van der Waals surface area contributed by atoms with Gasteiger partial charge in [0.15, 0.2) is 0 Å². The fourth-order valence-electron chi connectivity index (χ4n) is 2.93. The fraction of sp³-hybridized carbons (Fsp3) is 0.579. The minimum Gasteiger partial charge on any atom is -0.494 e. The normalized spacial score (nSPS) is 15.4. The van der Waals surface area contributed by atoms with Crippen LogP contribution in [0.2, 0.25) is 0 Å². The highest BCUT2D eigenvalue weighted by molar-refractivity contribution is 5.94. The number of ether oxygens (including phenoxy) is 1. The van der Waals surface area contributed by atoms with E-state index in [0.29, 0.717) is 37.6 Å². The predicted octanol–water partition coefficient (Wildman–Crippen LogP) is 2.85. The van der Waals surface area contributed by atoms with Crippen molar-refractivity contribution in [1.82, 2.24) is 10.2 Å². The molecule has 1 aliphatic heterocycles. The number of rotatable bonds is 6. The molecule has 0 unspecified atom stereocenters. The Bertz CT molecular complexity index is 546. The number of nitrogens with one attached hydrogen (secondary N) is 1. The summed E-state index contributed by atoms with van der Waals surface area (Å²) in [7, 11) is 0. The largest absolute Gasteiger partial charge is 0.494 e. The standard InChI is InChI=1S/C19H28N2O3/c1-4-24-17-7-5-15(6-8-17)19(23)21-11-9-16(10-12-21)20-18(22)13-14(2)3/h5-8,14,16H,4,9-13H2,1-3H3,(H,20,22). The topological polar surface area (TPSA) is 58.6 Å². The highest BCUT2D eigenvalue weighted by Gasteiger charge is 2.24. The second-order valence-electron chi connectivity index (χ2n) is 6.69. The molecule has 0 radical (unpaired) electrons. The first-order valence-electron chi connectivity index (χ1n) is 8.81. The van der Waals surface area contributed by atoms with Gasteiger partial charge in [0.25, 0.3) is 5.91 Å². The molecule has 1 heterocycles. The van der Waals surface area contributed by atoms with Crippen molar-refractivity contribution in [2.24, 2.45) is 5.92 Å². The van der Waals surface area contributed by atoms with Crippen molar-refractivity contribution in [3.05, 3.63) is 29.8 Å². The van der Waals surface area contributed by atoms with Crippen molar-refractivity contribution < 1.29 is 14.3 Å². The molecule has 5 heteroatoms. The van der Waals surface area contributed by atoms with Gasteiger partial charge in [-0.15, -0.1) is 0 Å². The number of amides is 2. The molecule has 0 saturated carbocycles. The second-order valence-corrected chi connectivity index (χ2v) is 6.69. The van der Waals surface area contributed by atoms with Crippen molar-refractivity contribution in [2.75, 3.05) is 19.7 Å². The van der Waals surface area contributed by atoms with Crippen LogP contribution in [0.3, 0.4) is 0 Å². The molecular formula is C19H28N2O3. The maximum atomic E-state index is 12.5. The number of carbonyl (C=O) groups excluding carboxylic acids is 2. The number of benzene rings is 1. The Labute approximate surface area is 144 Å². The maximum absolute atomic E-state index is 12.5. The summed E-state index contributed by atoms with van der Waals surface area (Å²) >= 11 is 0. The number of hydrogen-bond acceptors (Lipinski definition) is 3. The Hall–Kier alpha value is -2.04. The molecule has 0 bridgehead atoms. The van der Waals surface area contributed by atoms with Crippen LogP contribution in [0.1, 0.15) is 50.4 Å². The molecule has 1 fully saturated rings. The zero-order valence-corrected chi connectivity index (χ0v) is 14.9. The lowest BCUT2D eigenvalue weighted by molar-refractivity contribution is -0.122. The number of likely N-dealkylation sites (tertiary alicyclic amines) is 1. The highest BCUT2D eigenvalue weighted by atomic mass is 16.5. The lowest BCUT2D eigenvalue weighted by Crippen LogP contribution is -2.46. The van der Waals surface area contributed by atoms with E-state index in [0.717, 1.165) is 18.6 Å². The Morgan fingerprint density at radius 2 is 1.83 bits per heavy atom. The smallest absolute Gasteiger partial charge is 0.253 e. The Morgan fingerprint density at radius 3 is 2.38 bits per heavy atom. The summed E-state index contributed by atoms with van der Waals surface area (Å²) in [6.07, 6.45) is 2.19. The van der Waals surface area contributed by atoms with Crippen LogP contribution in [0.5, 0.6) is 5.75 Å². The zero-order valence-electron chi connectivity index (χ0n) is 14.9. The van der Waals surface area contributed by atoms with Gasteiger partial charge in [0.1, 0.15) is 5.75 Å². The van der Waals surface area contributed by atoms with E-state index in [1.165, 1.54) is 0 Å². The van der Waals surface area contributed by atoms with E-state index in [1.54, 1.807) is 0 Å². The average molecular weight is 332 g/mol. The van der Waals surface area contributed by atoms with E-state index in [-0.39, 0.29) is 17.9 Å². The van der Waals surface area contributed by atoms with Gasteiger partial charge in [-0.3, -0.25) is 9.59 Å². The van der Waals surface area contributed by atoms with Crippen molar-refractivity contribution in [1.29, 1.82) is 0 Å². The van der Waals surface area contributed by atoms with Gasteiger partial charge in [-0.05, 0) is 49.9 Å². The first kappa shape index (κ1) is 18.3. The van der Waals surface area contributed by atoms with Crippen LogP contribution in [0.4, 0.5) is 0 Å². The van der Waals surface area contributed by atoms with Gasteiger partial charge in [-0.2, -0.15) is 0 Å². The number of nitrogens with zero attached hydrogens (tertiary/aromatic N) is 1. The summed E-state index contributed by atoms with van der Waals surface area (Å²) in [5.74, 6) is 1.30. The van der Waals surface area contributed by atoms with Gasteiger partial charge in [-0.25, -0.2) is 0 Å². The van der Waals surface area contributed by atoms with E-state index in [9.17, 15) is 9.59 Å². The molecule has 0 spiro atoms. The summed E-state index contributed by atoms with van der Waals surface area (Å²) in [4.78, 5) is 26.2. The van der Waals surface area contributed by atoms with Gasteiger partial charge in [0.05, 0.1) is 6.61 Å². The van der Waals surface area contributed by atoms with E-state index < -0.39 is 0 Å². The van der Waals surface area contributed by atoms with E-state index in [1.807, 2.05) is 49.9 Å². The first-order chi connectivity index (χ1) is 11.5. The quantitative estimate of drug-likeness (QED) is 0.871. The van der Waals surface area contributed by atoms with E-state index in [4.69, 9.17) is 4.74 Å². The van der Waals surface area contributed by atoms with Gasteiger partial charge in [-0.1, -0.05) is 13.8 Å². The van der Waals surface area contributed by atoms with E-state index in [2.05, 4.69) is 5.32 Å². The lowest BCUT2D eigenvalue weighted by Gasteiger charge is -2.32. The summed E-state index contributed by atoms with van der Waals surface area (Å²) < 4.78 is 5.40. The van der Waals surface area contributed by atoms with Crippen molar-refractivity contribution in [2.45, 2.75) is 46.1 Å². The molecule has 1 aliphatic rings. The van der Waals surface area contributed by atoms with Gasteiger partial charge < -0.3 is 15.0 Å². The predicted molar refractivity (Wildman–Crippen MR) is 94.1 cm³/mol. The number of hydrogen-bond donors (Lipinski definition) is 1. The average Bonchev–Trinajstić information content (AvgIpc) is 2.55. The van der Waals surface area contributed by atoms with Crippen LogP contribution >= 0.6 is 0 Å². The monoisotopic (exact) mass is 332 g/mol. The van der Waals surface area contributed by atoms with Crippen LogP contribution in [-0.4, -0.2) is 42.5 Å². The first-order valence-corrected chi connectivity index (χ1v) is 8.81. The van der Waals surface area contributed by atoms with Crippen LogP contribution in [0.25, 0.3) is 0 Å². The Balaban J connectivity index is 1.83. The lowest BCUT2D eigenvalue weighted by atomic mass is 10.0.